The summed E-state index contributed by atoms with van der Waals surface area (Å²) in [6.07, 6.45) is -0.0941. The molecule has 1 aliphatic rings. The molecule has 1 aromatic heterocycles. The molecule has 9 heteroatoms. The van der Waals surface area contributed by atoms with Gasteiger partial charge in [0.05, 0.1) is 23.4 Å². The number of imide groups is 1. The van der Waals surface area contributed by atoms with Crippen LogP contribution in [-0.2, 0) is 14.3 Å². The maximum Gasteiger partial charge on any atom is 0.341 e. The van der Waals surface area contributed by atoms with Crippen LogP contribution >= 0.6 is 23.1 Å². The number of anilines is 1. The summed E-state index contributed by atoms with van der Waals surface area (Å²) in [5, 5.41) is 10.8. The van der Waals surface area contributed by atoms with Gasteiger partial charge in [0.25, 0.3) is 0 Å². The van der Waals surface area contributed by atoms with Gasteiger partial charge < -0.3 is 14.6 Å². The Kier molecular flexibility index (Phi) is 6.09. The standard InChI is InChI=1S/C20H19NO6S2/c1-4-27-20(26)16-10(2)11(3)28-18(16)21-15(22)9-14(17(21)23)29-13-8-6-5-7-12(13)19(24)25/h5-8,14H,4,9H2,1-3H3,(H,24,25)/p-1. The molecule has 0 N–H and O–H groups in total. The molecule has 2 amide bonds. The second-order valence-corrected chi connectivity index (χ2v) is 8.79. The molecule has 1 saturated heterocycles. The molecule has 2 aromatic rings. The van der Waals surface area contributed by atoms with Crippen LogP contribution in [0.25, 0.3) is 0 Å². The quantitative estimate of drug-likeness (QED) is 0.510. The van der Waals surface area contributed by atoms with Gasteiger partial charge in [0.1, 0.15) is 5.00 Å². The number of rotatable bonds is 6. The zero-order valence-electron chi connectivity index (χ0n) is 16.0. The Labute approximate surface area is 175 Å². The third kappa shape index (κ3) is 3.92. The topological polar surface area (TPSA) is 104 Å². The van der Waals surface area contributed by atoms with Gasteiger partial charge in [0, 0.05) is 21.8 Å². The summed E-state index contributed by atoms with van der Waals surface area (Å²) in [7, 11) is 0. The Morgan fingerprint density at radius 3 is 2.62 bits per heavy atom. The number of benzene rings is 1. The third-order valence-corrected chi connectivity index (χ3v) is 6.99. The predicted octanol–water partition coefficient (Wildman–Crippen LogP) is 2.33. The van der Waals surface area contributed by atoms with Crippen molar-refractivity contribution in [2.75, 3.05) is 11.5 Å². The first-order valence-electron chi connectivity index (χ1n) is 8.87. The van der Waals surface area contributed by atoms with Gasteiger partial charge >= 0.3 is 5.97 Å². The second-order valence-electron chi connectivity index (χ2n) is 6.35. The van der Waals surface area contributed by atoms with Crippen molar-refractivity contribution >= 4 is 51.9 Å². The van der Waals surface area contributed by atoms with E-state index < -0.39 is 29.0 Å². The third-order valence-electron chi connectivity index (χ3n) is 4.53. The van der Waals surface area contributed by atoms with Gasteiger partial charge in [0.2, 0.25) is 11.8 Å². The molecule has 152 valence electrons. The molecule has 0 aliphatic carbocycles. The molecule has 0 bridgehead atoms. The smallest absolute Gasteiger partial charge is 0.341 e. The van der Waals surface area contributed by atoms with Crippen molar-refractivity contribution in [1.82, 2.24) is 0 Å². The number of aryl methyl sites for hydroxylation is 1. The molecule has 0 radical (unpaired) electrons. The molecule has 1 aliphatic heterocycles. The van der Waals surface area contributed by atoms with E-state index in [4.69, 9.17) is 4.74 Å². The Morgan fingerprint density at radius 1 is 1.28 bits per heavy atom. The van der Waals surface area contributed by atoms with Crippen molar-refractivity contribution in [1.29, 1.82) is 0 Å². The first-order chi connectivity index (χ1) is 13.8. The normalized spacial score (nSPS) is 16.4. The molecule has 29 heavy (non-hydrogen) atoms. The van der Waals surface area contributed by atoms with Crippen LogP contribution in [0.3, 0.4) is 0 Å². The summed E-state index contributed by atoms with van der Waals surface area (Å²) >= 11 is 2.19. The lowest BCUT2D eigenvalue weighted by atomic mass is 10.1. The number of thioether (sulfide) groups is 1. The summed E-state index contributed by atoms with van der Waals surface area (Å²) in [4.78, 5) is 51.6. The number of carbonyl (C=O) groups is 4. The number of hydrogen-bond acceptors (Lipinski definition) is 8. The predicted molar refractivity (Wildman–Crippen MR) is 107 cm³/mol. The first-order valence-corrected chi connectivity index (χ1v) is 10.6. The molecule has 0 saturated carbocycles. The fraction of sp³-hybridized carbons (Fsp3) is 0.300. The Hall–Kier alpha value is -2.65. The van der Waals surface area contributed by atoms with Crippen LogP contribution < -0.4 is 10.0 Å². The van der Waals surface area contributed by atoms with E-state index in [2.05, 4.69) is 0 Å². The lowest BCUT2D eigenvalue weighted by Gasteiger charge is -2.16. The summed E-state index contributed by atoms with van der Waals surface area (Å²) in [6.45, 7) is 5.40. The first kappa shape index (κ1) is 21.1. The maximum absolute atomic E-state index is 13.0. The minimum atomic E-state index is -1.35. The number of esters is 1. The molecule has 3 rings (SSSR count). The lowest BCUT2D eigenvalue weighted by Crippen LogP contribution is -2.32. The molecule has 0 spiro atoms. The van der Waals surface area contributed by atoms with E-state index in [-0.39, 0.29) is 29.2 Å². The Balaban J connectivity index is 1.94. The fourth-order valence-corrected chi connectivity index (χ4v) is 5.35. The number of carboxylic acids is 1. The zero-order chi connectivity index (χ0) is 21.3. The van der Waals surface area contributed by atoms with E-state index >= 15 is 0 Å². The molecule has 1 aromatic carbocycles. The number of carboxylic acid groups (broad SMARTS) is 1. The number of ether oxygens (including phenoxy) is 1. The fourth-order valence-electron chi connectivity index (χ4n) is 3.01. The zero-order valence-corrected chi connectivity index (χ0v) is 17.6. The van der Waals surface area contributed by atoms with Gasteiger partial charge in [-0.3, -0.25) is 9.59 Å². The minimum Gasteiger partial charge on any atom is -0.545 e. The van der Waals surface area contributed by atoms with Crippen LogP contribution in [0.15, 0.2) is 29.2 Å². The molecule has 1 unspecified atom stereocenters. The average molecular weight is 432 g/mol. The Morgan fingerprint density at radius 2 is 1.97 bits per heavy atom. The van der Waals surface area contributed by atoms with Crippen molar-refractivity contribution in [3.05, 3.63) is 45.8 Å². The van der Waals surface area contributed by atoms with E-state index in [1.165, 1.54) is 17.4 Å². The van der Waals surface area contributed by atoms with Crippen LogP contribution in [0.1, 0.15) is 44.5 Å². The largest absolute Gasteiger partial charge is 0.545 e. The van der Waals surface area contributed by atoms with Gasteiger partial charge in [-0.15, -0.1) is 23.1 Å². The van der Waals surface area contributed by atoms with Crippen molar-refractivity contribution in [2.24, 2.45) is 0 Å². The summed E-state index contributed by atoms with van der Waals surface area (Å²) in [5.74, 6) is -2.86. The SMILES string of the molecule is CCOC(=O)c1c(N2C(=O)CC(Sc3ccccc3C(=O)[O-])C2=O)sc(C)c1C. The highest BCUT2D eigenvalue weighted by Crippen LogP contribution is 2.41. The van der Waals surface area contributed by atoms with Gasteiger partial charge in [0.15, 0.2) is 0 Å². The van der Waals surface area contributed by atoms with E-state index in [0.29, 0.717) is 10.5 Å². The maximum atomic E-state index is 13.0. The van der Waals surface area contributed by atoms with Crippen LogP contribution in [0.5, 0.6) is 0 Å². The van der Waals surface area contributed by atoms with E-state index in [1.54, 1.807) is 39.0 Å². The van der Waals surface area contributed by atoms with E-state index in [1.807, 2.05) is 0 Å². The van der Waals surface area contributed by atoms with E-state index in [9.17, 15) is 24.3 Å². The second kappa shape index (κ2) is 8.38. The van der Waals surface area contributed by atoms with Crippen molar-refractivity contribution in [3.8, 4) is 0 Å². The number of thiophene rings is 1. The lowest BCUT2D eigenvalue weighted by molar-refractivity contribution is -0.255. The van der Waals surface area contributed by atoms with Gasteiger partial charge in [-0.1, -0.05) is 18.2 Å². The number of aromatic carboxylic acids is 1. The number of hydrogen-bond donors (Lipinski definition) is 0. The van der Waals surface area contributed by atoms with Crippen LogP contribution in [0, 0.1) is 13.8 Å². The molecule has 2 heterocycles. The summed E-state index contributed by atoms with van der Waals surface area (Å²) in [5.41, 5.74) is 0.852. The molecule has 7 nitrogen and oxygen atoms in total. The number of amides is 2. The Bertz CT molecular complexity index is 1010. The highest BCUT2D eigenvalue weighted by atomic mass is 32.2. The number of nitrogens with zero attached hydrogens (tertiary/aromatic N) is 1. The van der Waals surface area contributed by atoms with Crippen LogP contribution in [-0.4, -0.2) is 35.6 Å². The molecule has 1 fully saturated rings. The van der Waals surface area contributed by atoms with Gasteiger partial charge in [-0.05, 0) is 32.4 Å². The van der Waals surface area contributed by atoms with Gasteiger partial charge in [-0.25, -0.2) is 9.69 Å². The van der Waals surface area contributed by atoms with Crippen molar-refractivity contribution < 1.29 is 29.0 Å². The average Bonchev–Trinajstić information content (AvgIpc) is 3.10. The van der Waals surface area contributed by atoms with Gasteiger partial charge in [-0.2, -0.15) is 0 Å². The number of carbonyl (C=O) groups excluding carboxylic acids is 4. The molecule has 1 atom stereocenters. The summed E-state index contributed by atoms with van der Waals surface area (Å²) < 4.78 is 5.10. The highest BCUT2D eigenvalue weighted by molar-refractivity contribution is 8.00. The summed E-state index contributed by atoms with van der Waals surface area (Å²) in [6, 6.07) is 6.17. The molecular weight excluding hydrogens is 414 g/mol. The molecular formula is C20H18NO6S2-. The van der Waals surface area contributed by atoms with Crippen LogP contribution in [0.4, 0.5) is 5.00 Å². The highest BCUT2D eigenvalue weighted by Gasteiger charge is 2.43. The van der Waals surface area contributed by atoms with Crippen molar-refractivity contribution in [3.63, 3.8) is 0 Å². The van der Waals surface area contributed by atoms with Crippen molar-refractivity contribution in [2.45, 2.75) is 37.3 Å². The van der Waals surface area contributed by atoms with Crippen LogP contribution in [0.2, 0.25) is 0 Å². The monoisotopic (exact) mass is 432 g/mol. The minimum absolute atomic E-state index is 0.0359. The van der Waals surface area contributed by atoms with E-state index in [0.717, 1.165) is 21.5 Å².